The molecule has 0 saturated carbocycles. The van der Waals surface area contributed by atoms with Crippen LogP contribution in [0.2, 0.25) is 0 Å². The molecule has 0 aliphatic heterocycles. The van der Waals surface area contributed by atoms with Gasteiger partial charge in [0.15, 0.2) is 0 Å². The summed E-state index contributed by atoms with van der Waals surface area (Å²) in [6.45, 7) is 5.00. The van der Waals surface area contributed by atoms with Gasteiger partial charge in [0.25, 0.3) is 0 Å². The minimum Gasteiger partial charge on any atom is -0.469 e. The van der Waals surface area contributed by atoms with Crippen LogP contribution >= 0.6 is 0 Å². The lowest BCUT2D eigenvalue weighted by Gasteiger charge is -2.12. The van der Waals surface area contributed by atoms with Gasteiger partial charge in [0.1, 0.15) is 11.6 Å². The predicted molar refractivity (Wildman–Crippen MR) is 62.0 cm³/mol. The Labute approximate surface area is 95.1 Å². The molecule has 0 radical (unpaired) electrons. The number of imidazole rings is 1. The van der Waals surface area contributed by atoms with E-state index in [0.29, 0.717) is 0 Å². The average molecular weight is 219 g/mol. The highest BCUT2D eigenvalue weighted by Crippen LogP contribution is 2.22. The molecule has 0 amide bonds. The van der Waals surface area contributed by atoms with Crippen molar-refractivity contribution in [3.05, 3.63) is 41.9 Å². The fourth-order valence-corrected chi connectivity index (χ4v) is 1.89. The summed E-state index contributed by atoms with van der Waals surface area (Å²) < 4.78 is 7.36. The van der Waals surface area contributed by atoms with E-state index in [2.05, 4.69) is 16.5 Å². The lowest BCUT2D eigenvalue weighted by molar-refractivity contribution is 0.524. The molecule has 1 atom stereocenters. The first kappa shape index (κ1) is 11.0. The van der Waals surface area contributed by atoms with E-state index < -0.39 is 0 Å². The third kappa shape index (κ3) is 1.88. The van der Waals surface area contributed by atoms with Crippen molar-refractivity contribution >= 4 is 0 Å². The Hall–Kier alpha value is -1.55. The molecule has 2 aromatic heterocycles. The summed E-state index contributed by atoms with van der Waals surface area (Å²) in [7, 11) is 0. The summed E-state index contributed by atoms with van der Waals surface area (Å²) in [5, 5.41) is 0. The Morgan fingerprint density at radius 2 is 2.38 bits per heavy atom. The van der Waals surface area contributed by atoms with Gasteiger partial charge in [-0.2, -0.15) is 0 Å². The number of aryl methyl sites for hydroxylation is 2. The number of nitrogens with zero attached hydrogens (tertiary/aromatic N) is 2. The SMILES string of the molecule is CCCn1ccnc1C(N)c1ccoc1C. The first-order valence-electron chi connectivity index (χ1n) is 5.54. The summed E-state index contributed by atoms with van der Waals surface area (Å²) in [5.74, 6) is 1.75. The molecular formula is C12H17N3O. The van der Waals surface area contributed by atoms with Gasteiger partial charge in [0.2, 0.25) is 0 Å². The number of furan rings is 1. The monoisotopic (exact) mass is 219 g/mol. The Balaban J connectivity index is 2.30. The molecule has 0 aromatic carbocycles. The number of aromatic nitrogens is 2. The molecule has 0 saturated heterocycles. The predicted octanol–water partition coefficient (Wildman–Crippen LogP) is 2.24. The van der Waals surface area contributed by atoms with Crippen molar-refractivity contribution in [1.29, 1.82) is 0 Å². The second kappa shape index (κ2) is 4.53. The minimum absolute atomic E-state index is 0.208. The molecule has 0 bridgehead atoms. The highest BCUT2D eigenvalue weighted by atomic mass is 16.3. The van der Waals surface area contributed by atoms with E-state index in [-0.39, 0.29) is 6.04 Å². The van der Waals surface area contributed by atoms with Crippen molar-refractivity contribution in [1.82, 2.24) is 9.55 Å². The Kier molecular flexibility index (Phi) is 3.10. The molecule has 86 valence electrons. The number of rotatable bonds is 4. The molecule has 4 heteroatoms. The first-order valence-corrected chi connectivity index (χ1v) is 5.54. The quantitative estimate of drug-likeness (QED) is 0.858. The molecule has 1 unspecified atom stereocenters. The highest BCUT2D eigenvalue weighted by Gasteiger charge is 2.17. The third-order valence-corrected chi connectivity index (χ3v) is 2.72. The van der Waals surface area contributed by atoms with E-state index in [1.54, 1.807) is 12.5 Å². The van der Waals surface area contributed by atoms with E-state index in [9.17, 15) is 0 Å². The normalized spacial score (nSPS) is 12.9. The van der Waals surface area contributed by atoms with E-state index in [1.165, 1.54) is 0 Å². The average Bonchev–Trinajstić information content (AvgIpc) is 2.87. The number of hydrogen-bond donors (Lipinski definition) is 1. The van der Waals surface area contributed by atoms with Gasteiger partial charge in [-0.15, -0.1) is 0 Å². The fourth-order valence-electron chi connectivity index (χ4n) is 1.89. The van der Waals surface area contributed by atoms with Gasteiger partial charge in [0.05, 0.1) is 12.3 Å². The maximum atomic E-state index is 6.19. The van der Waals surface area contributed by atoms with Gasteiger partial charge >= 0.3 is 0 Å². The van der Waals surface area contributed by atoms with Crippen molar-refractivity contribution in [3.63, 3.8) is 0 Å². The standard InChI is InChI=1S/C12H17N3O/c1-3-6-15-7-5-14-12(15)11(13)10-4-8-16-9(10)2/h4-5,7-8,11H,3,6,13H2,1-2H3. The summed E-state index contributed by atoms with van der Waals surface area (Å²) in [6.07, 6.45) is 6.49. The zero-order chi connectivity index (χ0) is 11.5. The van der Waals surface area contributed by atoms with Crippen LogP contribution in [0, 0.1) is 6.92 Å². The van der Waals surface area contributed by atoms with Crippen LogP contribution in [0.5, 0.6) is 0 Å². The molecule has 4 nitrogen and oxygen atoms in total. The maximum Gasteiger partial charge on any atom is 0.130 e. The van der Waals surface area contributed by atoms with Crippen LogP contribution in [0.3, 0.4) is 0 Å². The second-order valence-corrected chi connectivity index (χ2v) is 3.89. The lowest BCUT2D eigenvalue weighted by Crippen LogP contribution is -2.18. The van der Waals surface area contributed by atoms with E-state index in [0.717, 1.165) is 30.1 Å². The topological polar surface area (TPSA) is 57.0 Å². The van der Waals surface area contributed by atoms with E-state index in [1.807, 2.05) is 19.2 Å². The van der Waals surface area contributed by atoms with Crippen molar-refractivity contribution in [2.75, 3.05) is 0 Å². The summed E-state index contributed by atoms with van der Waals surface area (Å²) >= 11 is 0. The van der Waals surface area contributed by atoms with Crippen LogP contribution in [0.15, 0.2) is 29.1 Å². The summed E-state index contributed by atoms with van der Waals surface area (Å²) in [5.41, 5.74) is 7.20. The highest BCUT2D eigenvalue weighted by molar-refractivity contribution is 5.26. The Morgan fingerprint density at radius 3 is 3.00 bits per heavy atom. The zero-order valence-electron chi connectivity index (χ0n) is 9.68. The molecule has 0 fully saturated rings. The van der Waals surface area contributed by atoms with Gasteiger partial charge in [-0.3, -0.25) is 0 Å². The molecule has 2 rings (SSSR count). The minimum atomic E-state index is -0.208. The first-order chi connectivity index (χ1) is 7.74. The molecule has 0 aliphatic rings. The van der Waals surface area contributed by atoms with Crippen LogP contribution < -0.4 is 5.73 Å². The molecular weight excluding hydrogens is 202 g/mol. The summed E-state index contributed by atoms with van der Waals surface area (Å²) in [4.78, 5) is 4.33. The Bertz CT molecular complexity index is 458. The van der Waals surface area contributed by atoms with Crippen LogP contribution in [0.1, 0.15) is 36.5 Å². The van der Waals surface area contributed by atoms with Gasteiger partial charge in [-0.05, 0) is 19.4 Å². The van der Waals surface area contributed by atoms with Crippen molar-refractivity contribution in [3.8, 4) is 0 Å². The van der Waals surface area contributed by atoms with Crippen LogP contribution in [0.25, 0.3) is 0 Å². The molecule has 2 N–H and O–H groups in total. The van der Waals surface area contributed by atoms with Gasteiger partial charge in [-0.25, -0.2) is 4.98 Å². The molecule has 16 heavy (non-hydrogen) atoms. The number of hydrogen-bond acceptors (Lipinski definition) is 3. The van der Waals surface area contributed by atoms with Crippen LogP contribution in [-0.4, -0.2) is 9.55 Å². The van der Waals surface area contributed by atoms with Crippen molar-refractivity contribution in [2.24, 2.45) is 5.73 Å². The molecule has 2 heterocycles. The largest absolute Gasteiger partial charge is 0.469 e. The Morgan fingerprint density at radius 1 is 1.56 bits per heavy atom. The maximum absolute atomic E-state index is 6.19. The van der Waals surface area contributed by atoms with E-state index >= 15 is 0 Å². The van der Waals surface area contributed by atoms with Gasteiger partial charge in [0, 0.05) is 24.5 Å². The van der Waals surface area contributed by atoms with Crippen LogP contribution in [0.4, 0.5) is 0 Å². The van der Waals surface area contributed by atoms with Gasteiger partial charge < -0.3 is 14.7 Å². The van der Waals surface area contributed by atoms with Crippen LogP contribution in [-0.2, 0) is 6.54 Å². The van der Waals surface area contributed by atoms with Crippen molar-refractivity contribution in [2.45, 2.75) is 32.9 Å². The second-order valence-electron chi connectivity index (χ2n) is 3.89. The van der Waals surface area contributed by atoms with Crippen molar-refractivity contribution < 1.29 is 4.42 Å². The van der Waals surface area contributed by atoms with E-state index in [4.69, 9.17) is 10.2 Å². The molecule has 2 aromatic rings. The lowest BCUT2D eigenvalue weighted by atomic mass is 10.1. The molecule has 0 spiro atoms. The fraction of sp³-hybridized carbons (Fsp3) is 0.417. The summed E-state index contributed by atoms with van der Waals surface area (Å²) in [6, 6.07) is 1.70. The molecule has 0 aliphatic carbocycles. The number of nitrogens with two attached hydrogens (primary N) is 1. The smallest absolute Gasteiger partial charge is 0.130 e. The third-order valence-electron chi connectivity index (χ3n) is 2.72. The van der Waals surface area contributed by atoms with Gasteiger partial charge in [-0.1, -0.05) is 6.92 Å². The zero-order valence-corrected chi connectivity index (χ0v) is 9.68.